The van der Waals surface area contributed by atoms with Crippen molar-refractivity contribution in [1.29, 1.82) is 0 Å². The molecule has 0 heterocycles. The maximum Gasteiger partial charge on any atom is 0.339 e. The van der Waals surface area contributed by atoms with E-state index in [2.05, 4.69) is 30.7 Å². The van der Waals surface area contributed by atoms with Crippen LogP contribution in [0.25, 0.3) is 21.9 Å². The summed E-state index contributed by atoms with van der Waals surface area (Å²) < 4.78 is 33.5. The molecule has 0 amide bonds. The van der Waals surface area contributed by atoms with Gasteiger partial charge in [0.15, 0.2) is 0 Å². The van der Waals surface area contributed by atoms with Crippen molar-refractivity contribution >= 4 is 67.0 Å². The fourth-order valence-electron chi connectivity index (χ4n) is 4.93. The molecular formula is C36H24N6O9S. The lowest BCUT2D eigenvalue weighted by Crippen LogP contribution is -1.97. The fraction of sp³-hybridized carbons (Fsp3) is 0. The summed E-state index contributed by atoms with van der Waals surface area (Å²) in [7, 11) is -4.57. The number of benzene rings is 6. The number of phenols is 2. The van der Waals surface area contributed by atoms with E-state index >= 15 is 0 Å². The minimum Gasteiger partial charge on any atom is -0.507 e. The van der Waals surface area contributed by atoms with Gasteiger partial charge in [-0.3, -0.25) is 4.55 Å². The van der Waals surface area contributed by atoms with Gasteiger partial charge in [-0.25, -0.2) is 9.59 Å². The number of nitrogens with zero attached hydrogens (tertiary/aromatic N) is 6. The number of aromatic hydroxyl groups is 2. The van der Waals surface area contributed by atoms with E-state index < -0.39 is 27.8 Å². The third kappa shape index (κ3) is 7.83. The van der Waals surface area contributed by atoms with Crippen LogP contribution in [0.4, 0.5) is 34.1 Å². The largest absolute Gasteiger partial charge is 0.507 e. The van der Waals surface area contributed by atoms with E-state index in [9.17, 15) is 43.0 Å². The summed E-state index contributed by atoms with van der Waals surface area (Å²) in [6, 6.07) is 28.9. The van der Waals surface area contributed by atoms with Gasteiger partial charge in [0.1, 0.15) is 22.6 Å². The van der Waals surface area contributed by atoms with Crippen molar-refractivity contribution in [2.45, 2.75) is 4.90 Å². The van der Waals surface area contributed by atoms with Crippen LogP contribution in [0.3, 0.4) is 0 Å². The van der Waals surface area contributed by atoms with E-state index in [0.717, 1.165) is 23.3 Å². The smallest absolute Gasteiger partial charge is 0.339 e. The number of hydrogen-bond donors (Lipinski definition) is 5. The number of hydrogen-bond acceptors (Lipinski definition) is 12. The van der Waals surface area contributed by atoms with Crippen LogP contribution in [-0.4, -0.2) is 45.3 Å². The molecule has 258 valence electrons. The Morgan fingerprint density at radius 2 is 0.865 bits per heavy atom. The Balaban J connectivity index is 1.22. The first-order valence-corrected chi connectivity index (χ1v) is 16.4. The summed E-state index contributed by atoms with van der Waals surface area (Å²) in [5, 5.41) is 63.6. The van der Waals surface area contributed by atoms with Gasteiger partial charge >= 0.3 is 11.9 Å². The number of carbonyl (C=O) groups is 2. The Morgan fingerprint density at radius 3 is 1.33 bits per heavy atom. The second-order valence-electron chi connectivity index (χ2n) is 11.0. The lowest BCUT2D eigenvalue weighted by atomic mass is 10.1. The summed E-state index contributed by atoms with van der Waals surface area (Å²) in [6.07, 6.45) is 0. The van der Waals surface area contributed by atoms with E-state index in [1.165, 1.54) is 48.5 Å². The first kappa shape index (κ1) is 34.7. The maximum atomic E-state index is 11.9. The molecular weight excluding hydrogens is 692 g/mol. The predicted octanol–water partition coefficient (Wildman–Crippen LogP) is 9.81. The lowest BCUT2D eigenvalue weighted by Gasteiger charge is -2.07. The average Bonchev–Trinajstić information content (AvgIpc) is 3.13. The van der Waals surface area contributed by atoms with E-state index in [1.54, 1.807) is 30.3 Å². The normalized spacial score (nSPS) is 11.9. The molecule has 0 aliphatic carbocycles. The van der Waals surface area contributed by atoms with Crippen molar-refractivity contribution in [3.05, 3.63) is 126 Å². The van der Waals surface area contributed by atoms with Crippen molar-refractivity contribution in [2.24, 2.45) is 30.7 Å². The number of azo groups is 3. The molecule has 15 nitrogen and oxygen atoms in total. The highest BCUT2D eigenvalue weighted by molar-refractivity contribution is 7.85. The minimum absolute atomic E-state index is 0.117. The van der Waals surface area contributed by atoms with Gasteiger partial charge in [-0.1, -0.05) is 30.3 Å². The molecule has 52 heavy (non-hydrogen) atoms. The number of fused-ring (bicyclic) bond motifs is 1. The van der Waals surface area contributed by atoms with Gasteiger partial charge in [-0.15, -0.1) is 10.2 Å². The van der Waals surface area contributed by atoms with Crippen LogP contribution in [0.15, 0.2) is 151 Å². The van der Waals surface area contributed by atoms with Crippen molar-refractivity contribution in [1.82, 2.24) is 0 Å². The number of rotatable bonds is 10. The number of carboxylic acids is 2. The van der Waals surface area contributed by atoms with Crippen molar-refractivity contribution in [2.75, 3.05) is 0 Å². The second kappa shape index (κ2) is 14.4. The van der Waals surface area contributed by atoms with E-state index in [1.807, 2.05) is 24.3 Å². The molecule has 0 aliphatic rings. The lowest BCUT2D eigenvalue weighted by molar-refractivity contribution is 0.0682. The highest BCUT2D eigenvalue weighted by Gasteiger charge is 2.15. The van der Waals surface area contributed by atoms with Crippen molar-refractivity contribution in [3.63, 3.8) is 0 Å². The summed E-state index contributed by atoms with van der Waals surface area (Å²) >= 11 is 0. The summed E-state index contributed by atoms with van der Waals surface area (Å²) in [5.41, 5.74) is 3.06. The zero-order chi connectivity index (χ0) is 37.0. The van der Waals surface area contributed by atoms with E-state index in [4.69, 9.17) is 0 Å². The molecule has 0 aromatic heterocycles. The summed E-state index contributed by atoms with van der Waals surface area (Å²) in [5.74, 6) is -3.44. The van der Waals surface area contributed by atoms with E-state index in [0.29, 0.717) is 22.4 Å². The molecule has 16 heteroatoms. The quantitative estimate of drug-likeness (QED) is 0.0667. The number of aromatic carboxylic acids is 2. The van der Waals surface area contributed by atoms with Crippen LogP contribution in [0.2, 0.25) is 0 Å². The van der Waals surface area contributed by atoms with Gasteiger partial charge in [0.2, 0.25) is 0 Å². The van der Waals surface area contributed by atoms with Crippen LogP contribution in [0.5, 0.6) is 11.5 Å². The molecule has 0 fully saturated rings. The van der Waals surface area contributed by atoms with Crippen molar-refractivity contribution in [3.8, 4) is 22.6 Å². The summed E-state index contributed by atoms with van der Waals surface area (Å²) in [4.78, 5) is 22.2. The molecule has 6 aromatic rings. The molecule has 6 aromatic carbocycles. The van der Waals surface area contributed by atoms with E-state index in [-0.39, 0.29) is 44.2 Å². The Morgan fingerprint density at radius 1 is 0.462 bits per heavy atom. The van der Waals surface area contributed by atoms with Crippen LogP contribution in [-0.2, 0) is 10.1 Å². The molecule has 0 spiro atoms. The molecule has 0 saturated carbocycles. The standard InChI is InChI=1S/C36H24N6O9S/c43-33-15-9-24(17-29(33)35(45)46)39-37-22-5-1-20(2-6-22)21-3-7-23(8-4-21)38-41-31-13-14-32(28-19-26(52(49,50)51)11-12-27(28)31)42-40-25-10-16-34(44)30(18-25)36(47)48/h1-19,43-44H,(H,45,46)(H,47,48)(H,49,50,51). The Labute approximate surface area is 294 Å². The van der Waals surface area contributed by atoms with Crippen LogP contribution in [0, 0.1) is 0 Å². The van der Waals surface area contributed by atoms with Gasteiger partial charge in [0.05, 0.1) is 39.0 Å². The highest BCUT2D eigenvalue weighted by atomic mass is 32.2. The maximum absolute atomic E-state index is 11.9. The first-order chi connectivity index (χ1) is 24.9. The molecule has 5 N–H and O–H groups in total. The Bertz CT molecular complexity index is 2570. The Hall–Kier alpha value is -7.17. The third-order valence-electron chi connectivity index (χ3n) is 7.56. The summed E-state index contributed by atoms with van der Waals surface area (Å²) in [6.45, 7) is 0. The molecule has 0 atom stereocenters. The molecule has 0 bridgehead atoms. The molecule has 0 radical (unpaired) electrons. The fourth-order valence-corrected chi connectivity index (χ4v) is 5.43. The zero-order valence-corrected chi connectivity index (χ0v) is 27.2. The van der Waals surface area contributed by atoms with Gasteiger partial charge in [0, 0.05) is 10.8 Å². The molecule has 0 aliphatic heterocycles. The molecule has 6 rings (SSSR count). The third-order valence-corrected chi connectivity index (χ3v) is 8.41. The molecule has 0 saturated heterocycles. The SMILES string of the molecule is O=C(O)c1cc(N=Nc2ccc(-c3ccc(N=Nc4ccc(N=Nc5ccc(O)c(C(=O)O)c5)c5cc(S(=O)(=O)O)ccc45)cc3)cc2)ccc1O. The first-order valence-electron chi connectivity index (χ1n) is 15.0. The zero-order valence-electron chi connectivity index (χ0n) is 26.4. The highest BCUT2D eigenvalue weighted by Crippen LogP contribution is 2.37. The van der Waals surface area contributed by atoms with Crippen LogP contribution < -0.4 is 0 Å². The van der Waals surface area contributed by atoms with Gasteiger partial charge < -0.3 is 20.4 Å². The second-order valence-corrected chi connectivity index (χ2v) is 12.4. The van der Waals surface area contributed by atoms with Gasteiger partial charge in [-0.2, -0.15) is 28.9 Å². The van der Waals surface area contributed by atoms with Crippen LogP contribution >= 0.6 is 0 Å². The predicted molar refractivity (Wildman–Crippen MR) is 188 cm³/mol. The number of carboxylic acid groups (broad SMARTS) is 2. The van der Waals surface area contributed by atoms with Crippen molar-refractivity contribution < 1.29 is 43.0 Å². The Kier molecular flexibility index (Phi) is 9.58. The topological polar surface area (TPSA) is 244 Å². The van der Waals surface area contributed by atoms with Gasteiger partial charge in [-0.05, 0) is 96.1 Å². The average molecular weight is 717 g/mol. The molecule has 0 unspecified atom stereocenters. The van der Waals surface area contributed by atoms with Crippen LogP contribution in [0.1, 0.15) is 20.7 Å². The monoisotopic (exact) mass is 716 g/mol. The minimum atomic E-state index is -4.57. The van der Waals surface area contributed by atoms with Gasteiger partial charge in [0.25, 0.3) is 10.1 Å².